The van der Waals surface area contributed by atoms with Crippen LogP contribution in [0.15, 0.2) is 36.4 Å². The Hall–Kier alpha value is -1.62. The van der Waals surface area contributed by atoms with Crippen LogP contribution in [0, 0.1) is 6.92 Å². The van der Waals surface area contributed by atoms with Crippen LogP contribution in [0.1, 0.15) is 21.5 Å². The number of benzene rings is 2. The van der Waals surface area contributed by atoms with Gasteiger partial charge in [-0.15, -0.1) is 0 Å². The number of nitrogens with two attached hydrogens (primary N) is 1. The summed E-state index contributed by atoms with van der Waals surface area (Å²) >= 11 is 16.9. The van der Waals surface area contributed by atoms with Crippen molar-refractivity contribution in [1.29, 1.82) is 0 Å². The van der Waals surface area contributed by atoms with Crippen molar-refractivity contribution in [2.75, 3.05) is 5.32 Å². The molecule has 108 valence electrons. The summed E-state index contributed by atoms with van der Waals surface area (Å²) in [5.41, 5.74) is 7.99. The molecule has 0 unspecified atom stereocenters. The largest absolute Gasteiger partial charge is 0.389 e. The highest BCUT2D eigenvalue weighted by atomic mass is 35.5. The number of carbonyl (C=O) groups excluding carboxylic acids is 1. The summed E-state index contributed by atoms with van der Waals surface area (Å²) in [6.07, 6.45) is 0. The highest BCUT2D eigenvalue weighted by Gasteiger charge is 2.11. The van der Waals surface area contributed by atoms with E-state index < -0.39 is 0 Å². The van der Waals surface area contributed by atoms with Crippen LogP contribution in [0.2, 0.25) is 10.0 Å². The number of nitrogens with one attached hydrogen (secondary N) is 1. The van der Waals surface area contributed by atoms with Crippen molar-refractivity contribution in [2.24, 2.45) is 5.73 Å². The SMILES string of the molecule is Cc1cc(C(=O)Nc2cc(C(N)=S)ccc2Cl)ccc1Cl. The molecule has 0 spiro atoms. The Bertz CT molecular complexity index is 732. The van der Waals surface area contributed by atoms with Crippen LogP contribution in [-0.4, -0.2) is 10.9 Å². The van der Waals surface area contributed by atoms with E-state index in [0.29, 0.717) is 26.9 Å². The minimum absolute atomic E-state index is 0.240. The Labute approximate surface area is 138 Å². The van der Waals surface area contributed by atoms with E-state index >= 15 is 0 Å². The maximum atomic E-state index is 12.2. The first-order valence-electron chi connectivity index (χ1n) is 6.05. The molecule has 0 heterocycles. The molecule has 0 fully saturated rings. The van der Waals surface area contributed by atoms with E-state index in [1.807, 2.05) is 6.92 Å². The highest BCUT2D eigenvalue weighted by molar-refractivity contribution is 7.80. The van der Waals surface area contributed by atoms with Gasteiger partial charge in [-0.05, 0) is 42.8 Å². The van der Waals surface area contributed by atoms with Gasteiger partial charge in [-0.2, -0.15) is 0 Å². The molecule has 0 aliphatic carbocycles. The van der Waals surface area contributed by atoms with Crippen molar-refractivity contribution in [1.82, 2.24) is 0 Å². The van der Waals surface area contributed by atoms with Crippen LogP contribution in [0.25, 0.3) is 0 Å². The molecule has 0 aliphatic rings. The minimum atomic E-state index is -0.281. The fourth-order valence-electron chi connectivity index (χ4n) is 1.75. The number of thiocarbonyl (C=S) groups is 1. The van der Waals surface area contributed by atoms with Gasteiger partial charge in [0, 0.05) is 16.1 Å². The zero-order valence-corrected chi connectivity index (χ0v) is 13.4. The third-order valence-corrected chi connectivity index (χ3v) is 3.91. The molecule has 21 heavy (non-hydrogen) atoms. The van der Waals surface area contributed by atoms with E-state index in [1.165, 1.54) is 0 Å². The van der Waals surface area contributed by atoms with Crippen molar-refractivity contribution in [3.8, 4) is 0 Å². The first-order chi connectivity index (χ1) is 9.88. The van der Waals surface area contributed by atoms with Gasteiger partial charge in [-0.1, -0.05) is 41.5 Å². The van der Waals surface area contributed by atoms with Gasteiger partial charge in [-0.3, -0.25) is 4.79 Å². The number of carbonyl (C=O) groups is 1. The molecule has 0 aliphatic heterocycles. The fraction of sp³-hybridized carbons (Fsp3) is 0.0667. The number of halogens is 2. The number of hydrogen-bond acceptors (Lipinski definition) is 2. The van der Waals surface area contributed by atoms with E-state index in [4.69, 9.17) is 41.2 Å². The standard InChI is InChI=1S/C15H12Cl2N2OS/c1-8-6-10(3-4-11(8)16)15(20)19-13-7-9(14(18)21)2-5-12(13)17/h2-7H,1H3,(H2,18,21)(H,19,20). The number of hydrogen-bond donors (Lipinski definition) is 2. The Morgan fingerprint density at radius 2 is 1.71 bits per heavy atom. The van der Waals surface area contributed by atoms with Gasteiger partial charge in [0.05, 0.1) is 10.7 Å². The molecule has 2 aromatic carbocycles. The Kier molecular flexibility index (Phi) is 4.83. The molecule has 1 amide bonds. The highest BCUT2D eigenvalue weighted by Crippen LogP contribution is 2.24. The van der Waals surface area contributed by atoms with Crippen molar-refractivity contribution in [2.45, 2.75) is 6.92 Å². The lowest BCUT2D eigenvalue weighted by molar-refractivity contribution is 0.102. The van der Waals surface area contributed by atoms with Gasteiger partial charge in [-0.25, -0.2) is 0 Å². The van der Waals surface area contributed by atoms with Crippen molar-refractivity contribution >= 4 is 52.0 Å². The smallest absolute Gasteiger partial charge is 0.255 e. The Morgan fingerprint density at radius 3 is 2.33 bits per heavy atom. The Morgan fingerprint density at radius 1 is 1.10 bits per heavy atom. The molecule has 0 atom stereocenters. The Balaban J connectivity index is 2.28. The summed E-state index contributed by atoms with van der Waals surface area (Å²) < 4.78 is 0. The molecule has 0 saturated heterocycles. The summed E-state index contributed by atoms with van der Waals surface area (Å²) in [7, 11) is 0. The second kappa shape index (κ2) is 6.43. The van der Waals surface area contributed by atoms with Crippen LogP contribution < -0.4 is 11.1 Å². The minimum Gasteiger partial charge on any atom is -0.389 e. The summed E-state index contributed by atoms with van der Waals surface area (Å²) in [6, 6.07) is 10.0. The average molecular weight is 339 g/mol. The van der Waals surface area contributed by atoms with Crippen LogP contribution in [0.3, 0.4) is 0 Å². The molecular weight excluding hydrogens is 327 g/mol. The number of amides is 1. The van der Waals surface area contributed by atoms with E-state index in [2.05, 4.69) is 5.32 Å². The fourth-order valence-corrected chi connectivity index (χ4v) is 2.16. The first-order valence-corrected chi connectivity index (χ1v) is 7.22. The molecule has 0 aromatic heterocycles. The second-order valence-corrected chi connectivity index (χ2v) is 5.73. The van der Waals surface area contributed by atoms with Crippen LogP contribution in [-0.2, 0) is 0 Å². The van der Waals surface area contributed by atoms with Crippen LogP contribution in [0.4, 0.5) is 5.69 Å². The van der Waals surface area contributed by atoms with Crippen LogP contribution in [0.5, 0.6) is 0 Å². The molecule has 3 nitrogen and oxygen atoms in total. The lowest BCUT2D eigenvalue weighted by Gasteiger charge is -2.10. The quantitative estimate of drug-likeness (QED) is 0.825. The third kappa shape index (κ3) is 3.73. The summed E-state index contributed by atoms with van der Waals surface area (Å²) in [4.78, 5) is 12.5. The summed E-state index contributed by atoms with van der Waals surface area (Å²) in [6.45, 7) is 1.83. The summed E-state index contributed by atoms with van der Waals surface area (Å²) in [5.74, 6) is -0.281. The van der Waals surface area contributed by atoms with E-state index in [0.717, 1.165) is 5.56 Å². The summed E-state index contributed by atoms with van der Waals surface area (Å²) in [5, 5.41) is 3.76. The lowest BCUT2D eigenvalue weighted by atomic mass is 10.1. The van der Waals surface area contributed by atoms with Gasteiger partial charge in [0.15, 0.2) is 0 Å². The van der Waals surface area contributed by atoms with Gasteiger partial charge in [0.2, 0.25) is 0 Å². The molecular formula is C15H12Cl2N2OS. The molecule has 0 saturated carbocycles. The first kappa shape index (κ1) is 15.8. The van der Waals surface area contributed by atoms with E-state index in [-0.39, 0.29) is 10.9 Å². The van der Waals surface area contributed by atoms with Gasteiger partial charge in [0.1, 0.15) is 4.99 Å². The van der Waals surface area contributed by atoms with E-state index in [9.17, 15) is 4.79 Å². The number of rotatable bonds is 3. The van der Waals surface area contributed by atoms with Gasteiger partial charge >= 0.3 is 0 Å². The molecule has 6 heteroatoms. The third-order valence-electron chi connectivity index (χ3n) is 2.92. The van der Waals surface area contributed by atoms with Crippen molar-refractivity contribution in [3.63, 3.8) is 0 Å². The topological polar surface area (TPSA) is 55.1 Å². The predicted molar refractivity (Wildman–Crippen MR) is 91.5 cm³/mol. The number of aryl methyl sites for hydroxylation is 1. The van der Waals surface area contributed by atoms with Gasteiger partial charge in [0.25, 0.3) is 5.91 Å². The maximum absolute atomic E-state index is 12.2. The van der Waals surface area contributed by atoms with E-state index in [1.54, 1.807) is 36.4 Å². The van der Waals surface area contributed by atoms with Crippen LogP contribution >= 0.6 is 35.4 Å². The van der Waals surface area contributed by atoms with Crippen molar-refractivity contribution < 1.29 is 4.79 Å². The maximum Gasteiger partial charge on any atom is 0.255 e. The molecule has 2 aromatic rings. The van der Waals surface area contributed by atoms with Crippen molar-refractivity contribution in [3.05, 3.63) is 63.1 Å². The second-order valence-electron chi connectivity index (χ2n) is 4.48. The predicted octanol–water partition coefficient (Wildman–Crippen LogP) is 4.19. The zero-order valence-electron chi connectivity index (χ0n) is 11.1. The monoisotopic (exact) mass is 338 g/mol. The molecule has 2 rings (SSSR count). The lowest BCUT2D eigenvalue weighted by Crippen LogP contribution is -2.14. The molecule has 3 N–H and O–H groups in total. The normalized spacial score (nSPS) is 10.2. The molecule has 0 radical (unpaired) electrons. The zero-order chi connectivity index (χ0) is 15.6. The average Bonchev–Trinajstić information content (AvgIpc) is 2.43. The number of anilines is 1. The van der Waals surface area contributed by atoms with Gasteiger partial charge < -0.3 is 11.1 Å². The molecule has 0 bridgehead atoms.